The minimum absolute atomic E-state index is 0.0894. The molecular formula is C20H22FN5O. The van der Waals surface area contributed by atoms with Crippen molar-refractivity contribution in [2.75, 3.05) is 23.3 Å². The highest BCUT2D eigenvalue weighted by Gasteiger charge is 2.28. The molecule has 0 bridgehead atoms. The molecule has 27 heavy (non-hydrogen) atoms. The molecule has 1 aliphatic heterocycles. The number of hydrogen-bond donors (Lipinski definition) is 1. The van der Waals surface area contributed by atoms with E-state index in [4.69, 9.17) is 0 Å². The molecule has 1 fully saturated rings. The Morgan fingerprint density at radius 2 is 2.07 bits per heavy atom. The second-order valence-corrected chi connectivity index (χ2v) is 7.10. The molecule has 1 unspecified atom stereocenters. The van der Waals surface area contributed by atoms with Gasteiger partial charge in [-0.3, -0.25) is 9.20 Å². The number of aromatic nitrogens is 3. The van der Waals surface area contributed by atoms with Crippen molar-refractivity contribution in [1.29, 1.82) is 0 Å². The van der Waals surface area contributed by atoms with Crippen LogP contribution in [0.15, 0.2) is 36.4 Å². The van der Waals surface area contributed by atoms with E-state index in [9.17, 15) is 9.18 Å². The van der Waals surface area contributed by atoms with Gasteiger partial charge in [-0.2, -0.15) is 0 Å². The van der Waals surface area contributed by atoms with Crippen LogP contribution in [0, 0.1) is 25.6 Å². The number of carbonyl (C=O) groups excluding carboxylic acids is 1. The molecular weight excluding hydrogens is 345 g/mol. The maximum atomic E-state index is 13.7. The fourth-order valence-corrected chi connectivity index (χ4v) is 3.57. The number of carbonyl (C=O) groups is 1. The van der Waals surface area contributed by atoms with Crippen molar-refractivity contribution in [3.05, 3.63) is 53.5 Å². The normalized spacial score (nSPS) is 17.3. The number of anilines is 2. The topological polar surface area (TPSA) is 62.5 Å². The lowest BCUT2D eigenvalue weighted by Crippen LogP contribution is -2.41. The van der Waals surface area contributed by atoms with Crippen LogP contribution in [0.3, 0.4) is 0 Å². The first kappa shape index (κ1) is 17.5. The highest BCUT2D eigenvalue weighted by atomic mass is 19.1. The minimum Gasteiger partial charge on any atom is -0.340 e. The van der Waals surface area contributed by atoms with Gasteiger partial charge in [0, 0.05) is 24.5 Å². The Labute approximate surface area is 157 Å². The van der Waals surface area contributed by atoms with Gasteiger partial charge in [-0.05, 0) is 56.5 Å². The zero-order valence-corrected chi connectivity index (χ0v) is 15.4. The van der Waals surface area contributed by atoms with E-state index < -0.39 is 0 Å². The average Bonchev–Trinajstić information content (AvgIpc) is 3.10. The summed E-state index contributed by atoms with van der Waals surface area (Å²) in [5.41, 5.74) is 2.90. The van der Waals surface area contributed by atoms with Gasteiger partial charge in [-0.1, -0.05) is 12.1 Å². The van der Waals surface area contributed by atoms with Gasteiger partial charge >= 0.3 is 0 Å². The molecule has 1 aliphatic rings. The summed E-state index contributed by atoms with van der Waals surface area (Å²) in [4.78, 5) is 14.8. The molecule has 1 amide bonds. The largest absolute Gasteiger partial charge is 0.340 e. The van der Waals surface area contributed by atoms with Crippen LogP contribution in [0.1, 0.15) is 24.1 Å². The molecule has 1 saturated heterocycles. The number of aryl methyl sites for hydroxylation is 2. The minimum atomic E-state index is -0.316. The van der Waals surface area contributed by atoms with E-state index in [1.54, 1.807) is 19.1 Å². The number of nitrogens with one attached hydrogen (secondary N) is 1. The smallest absolute Gasteiger partial charge is 0.231 e. The molecule has 0 radical (unpaired) electrons. The zero-order valence-electron chi connectivity index (χ0n) is 15.4. The van der Waals surface area contributed by atoms with Crippen molar-refractivity contribution in [1.82, 2.24) is 14.6 Å². The Kier molecular flexibility index (Phi) is 4.51. The quantitative estimate of drug-likeness (QED) is 0.771. The first-order valence-corrected chi connectivity index (χ1v) is 9.15. The fraction of sp³-hybridized carbons (Fsp3) is 0.350. The maximum Gasteiger partial charge on any atom is 0.231 e. The Hall–Kier alpha value is -2.96. The summed E-state index contributed by atoms with van der Waals surface area (Å²) in [6.45, 7) is 5.11. The monoisotopic (exact) mass is 367 g/mol. The lowest BCUT2D eigenvalue weighted by atomic mass is 9.97. The van der Waals surface area contributed by atoms with Crippen LogP contribution in [-0.2, 0) is 4.79 Å². The van der Waals surface area contributed by atoms with Crippen LogP contribution in [0.25, 0.3) is 5.65 Å². The van der Waals surface area contributed by atoms with E-state index >= 15 is 0 Å². The predicted octanol–water partition coefficient (Wildman–Crippen LogP) is 3.34. The van der Waals surface area contributed by atoms with E-state index in [-0.39, 0.29) is 17.6 Å². The number of amides is 1. The van der Waals surface area contributed by atoms with Crippen molar-refractivity contribution in [2.45, 2.75) is 26.7 Å². The Morgan fingerprint density at radius 3 is 2.89 bits per heavy atom. The SMILES string of the molecule is Cc1ccc(NC(=O)C2CCCN(c3nnc4cccc(C)n34)C2)cc1F. The van der Waals surface area contributed by atoms with Gasteiger partial charge in [0.1, 0.15) is 5.82 Å². The van der Waals surface area contributed by atoms with Crippen LogP contribution < -0.4 is 10.2 Å². The van der Waals surface area contributed by atoms with Crippen LogP contribution in [-0.4, -0.2) is 33.6 Å². The first-order valence-electron chi connectivity index (χ1n) is 9.15. The molecule has 1 N–H and O–H groups in total. The van der Waals surface area contributed by atoms with Crippen molar-refractivity contribution in [2.24, 2.45) is 5.92 Å². The number of rotatable bonds is 3. The Bertz CT molecular complexity index is 999. The third kappa shape index (κ3) is 3.37. The summed E-state index contributed by atoms with van der Waals surface area (Å²) in [5, 5.41) is 11.4. The average molecular weight is 367 g/mol. The van der Waals surface area contributed by atoms with E-state index in [1.807, 2.05) is 29.5 Å². The van der Waals surface area contributed by atoms with Gasteiger partial charge in [0.2, 0.25) is 11.9 Å². The molecule has 1 atom stereocenters. The number of fused-ring (bicyclic) bond motifs is 1. The van der Waals surface area contributed by atoms with E-state index in [0.29, 0.717) is 17.8 Å². The van der Waals surface area contributed by atoms with Gasteiger partial charge in [-0.25, -0.2) is 4.39 Å². The van der Waals surface area contributed by atoms with Gasteiger partial charge in [0.05, 0.1) is 5.92 Å². The van der Waals surface area contributed by atoms with Crippen molar-refractivity contribution in [3.63, 3.8) is 0 Å². The summed E-state index contributed by atoms with van der Waals surface area (Å²) < 4.78 is 15.7. The van der Waals surface area contributed by atoms with Gasteiger partial charge in [-0.15, -0.1) is 10.2 Å². The van der Waals surface area contributed by atoms with E-state index in [1.165, 1.54) is 6.07 Å². The molecule has 4 rings (SSSR count). The maximum absolute atomic E-state index is 13.7. The highest BCUT2D eigenvalue weighted by molar-refractivity contribution is 5.93. The van der Waals surface area contributed by atoms with Gasteiger partial charge in [0.25, 0.3) is 0 Å². The van der Waals surface area contributed by atoms with Gasteiger partial charge in [0.15, 0.2) is 5.65 Å². The summed E-state index contributed by atoms with van der Waals surface area (Å²) in [6, 6.07) is 10.7. The first-order chi connectivity index (χ1) is 13.0. The molecule has 0 aliphatic carbocycles. The summed E-state index contributed by atoms with van der Waals surface area (Å²) in [6.07, 6.45) is 1.69. The predicted molar refractivity (Wildman–Crippen MR) is 102 cm³/mol. The van der Waals surface area contributed by atoms with E-state index in [0.717, 1.165) is 36.7 Å². The third-order valence-corrected chi connectivity index (χ3v) is 5.12. The summed E-state index contributed by atoms with van der Waals surface area (Å²) in [5.74, 6) is 0.179. The standard InChI is InChI=1S/C20H22FN5O/c1-13-8-9-16(11-17(13)21)22-19(27)15-6-4-10-25(12-15)20-24-23-18-7-3-5-14(2)26(18)20/h3,5,7-9,11,15H,4,6,10,12H2,1-2H3,(H,22,27). The molecule has 6 nitrogen and oxygen atoms in total. The van der Waals surface area contributed by atoms with Crippen molar-refractivity contribution in [3.8, 4) is 0 Å². The fourth-order valence-electron chi connectivity index (χ4n) is 3.57. The zero-order chi connectivity index (χ0) is 19.0. The van der Waals surface area contributed by atoms with Gasteiger partial charge < -0.3 is 10.2 Å². The molecule has 3 aromatic rings. The molecule has 7 heteroatoms. The Morgan fingerprint density at radius 1 is 1.22 bits per heavy atom. The Balaban J connectivity index is 1.52. The number of hydrogen-bond acceptors (Lipinski definition) is 4. The number of pyridine rings is 1. The number of benzene rings is 1. The second-order valence-electron chi connectivity index (χ2n) is 7.10. The second kappa shape index (κ2) is 6.98. The summed E-state index contributed by atoms with van der Waals surface area (Å²) in [7, 11) is 0. The third-order valence-electron chi connectivity index (χ3n) is 5.12. The van der Waals surface area contributed by atoms with Crippen molar-refractivity contribution >= 4 is 23.2 Å². The molecule has 3 heterocycles. The number of piperidine rings is 1. The molecule has 1 aromatic carbocycles. The lowest BCUT2D eigenvalue weighted by Gasteiger charge is -2.32. The van der Waals surface area contributed by atoms with E-state index in [2.05, 4.69) is 20.4 Å². The van der Waals surface area contributed by atoms with Crippen LogP contribution in [0.4, 0.5) is 16.0 Å². The molecule has 0 spiro atoms. The molecule has 2 aromatic heterocycles. The number of nitrogens with zero attached hydrogens (tertiary/aromatic N) is 4. The van der Waals surface area contributed by atoms with Crippen LogP contribution >= 0.6 is 0 Å². The molecule has 0 saturated carbocycles. The van der Waals surface area contributed by atoms with Crippen molar-refractivity contribution < 1.29 is 9.18 Å². The van der Waals surface area contributed by atoms with Crippen LogP contribution in [0.5, 0.6) is 0 Å². The summed E-state index contributed by atoms with van der Waals surface area (Å²) >= 11 is 0. The molecule has 140 valence electrons. The van der Waals surface area contributed by atoms with Crippen LogP contribution in [0.2, 0.25) is 0 Å². The highest BCUT2D eigenvalue weighted by Crippen LogP contribution is 2.25. The number of halogens is 1. The lowest BCUT2D eigenvalue weighted by molar-refractivity contribution is -0.120.